The summed E-state index contributed by atoms with van der Waals surface area (Å²) in [5, 5.41) is 15.9. The molecule has 19 heavy (non-hydrogen) atoms. The number of aliphatic hydroxyl groups is 1. The number of aliphatic hydroxyl groups excluding tert-OH is 1. The Morgan fingerprint density at radius 2 is 2.42 bits per heavy atom. The minimum atomic E-state index is -0.206. The van der Waals surface area contributed by atoms with Crippen LogP contribution < -0.4 is 5.32 Å². The molecule has 0 amide bonds. The lowest BCUT2D eigenvalue weighted by atomic mass is 10.1. The Bertz CT molecular complexity index is 571. The van der Waals surface area contributed by atoms with Gasteiger partial charge in [-0.05, 0) is 30.8 Å². The van der Waals surface area contributed by atoms with E-state index in [2.05, 4.69) is 20.2 Å². The molecule has 2 aromatic heterocycles. The van der Waals surface area contributed by atoms with Crippen molar-refractivity contribution >= 4 is 27.4 Å². The summed E-state index contributed by atoms with van der Waals surface area (Å²) in [7, 11) is 1.88. The molecule has 102 valence electrons. The molecule has 0 saturated carbocycles. The molecule has 1 atom stereocenters. The van der Waals surface area contributed by atoms with Crippen molar-refractivity contribution < 1.29 is 5.11 Å². The Labute approximate surface area is 116 Å². The maximum atomic E-state index is 9.70. The van der Waals surface area contributed by atoms with Crippen molar-refractivity contribution in [1.29, 1.82) is 0 Å². The Kier molecular flexibility index (Phi) is 3.63. The van der Waals surface area contributed by atoms with Crippen LogP contribution in [0.3, 0.4) is 0 Å². The lowest BCUT2D eigenvalue weighted by molar-refractivity contribution is 0.0656. The molecular formula is C13H18N4OS. The van der Waals surface area contributed by atoms with Gasteiger partial charge in [0.2, 0.25) is 0 Å². The van der Waals surface area contributed by atoms with E-state index in [1.165, 1.54) is 0 Å². The number of likely N-dealkylation sites (tertiary alicyclic amines) is 1. The highest BCUT2D eigenvalue weighted by Gasteiger charge is 2.19. The van der Waals surface area contributed by atoms with Crippen LogP contribution in [0.2, 0.25) is 0 Å². The minimum absolute atomic E-state index is 0.206. The Balaban J connectivity index is 1.84. The molecule has 2 N–H and O–H groups in total. The average molecular weight is 278 g/mol. The minimum Gasteiger partial charge on any atom is -0.392 e. The van der Waals surface area contributed by atoms with E-state index >= 15 is 0 Å². The van der Waals surface area contributed by atoms with Gasteiger partial charge in [0.05, 0.1) is 18.0 Å². The summed E-state index contributed by atoms with van der Waals surface area (Å²) >= 11 is 1.63. The van der Waals surface area contributed by atoms with Gasteiger partial charge in [-0.25, -0.2) is 9.97 Å². The summed E-state index contributed by atoms with van der Waals surface area (Å²) in [5.74, 6) is 1.72. The standard InChI is InChI=1S/C13H18N4OS/c1-14-12-10-4-6-19-13(10)16-11(15-12)8-17-5-2-3-9(18)7-17/h4,6,9,18H,2-3,5,7-8H2,1H3,(H,14,15,16). The molecule has 1 fully saturated rings. The maximum absolute atomic E-state index is 9.70. The van der Waals surface area contributed by atoms with Gasteiger partial charge in [0, 0.05) is 13.6 Å². The number of anilines is 1. The van der Waals surface area contributed by atoms with Crippen molar-refractivity contribution in [3.8, 4) is 0 Å². The number of rotatable bonds is 3. The third-order valence-electron chi connectivity index (χ3n) is 3.45. The second kappa shape index (κ2) is 5.40. The monoisotopic (exact) mass is 278 g/mol. The van der Waals surface area contributed by atoms with E-state index in [4.69, 9.17) is 0 Å². The molecule has 0 bridgehead atoms. The molecule has 1 unspecified atom stereocenters. The molecule has 1 aliphatic rings. The van der Waals surface area contributed by atoms with E-state index in [1.54, 1.807) is 11.3 Å². The highest BCUT2D eigenvalue weighted by atomic mass is 32.1. The zero-order valence-corrected chi connectivity index (χ0v) is 11.8. The van der Waals surface area contributed by atoms with Crippen LogP contribution in [0, 0.1) is 0 Å². The lowest BCUT2D eigenvalue weighted by Crippen LogP contribution is -2.38. The average Bonchev–Trinajstić information content (AvgIpc) is 2.86. The smallest absolute Gasteiger partial charge is 0.146 e. The molecule has 0 aliphatic carbocycles. The van der Waals surface area contributed by atoms with Gasteiger partial charge in [0.1, 0.15) is 16.5 Å². The number of β-amino-alcohol motifs (C(OH)–C–C–N with tert-alkyl or cyclic N) is 1. The Morgan fingerprint density at radius 1 is 1.53 bits per heavy atom. The molecular weight excluding hydrogens is 260 g/mol. The van der Waals surface area contributed by atoms with Crippen molar-refractivity contribution in [3.63, 3.8) is 0 Å². The zero-order chi connectivity index (χ0) is 13.2. The van der Waals surface area contributed by atoms with E-state index in [0.717, 1.165) is 47.8 Å². The van der Waals surface area contributed by atoms with Gasteiger partial charge in [0.15, 0.2) is 0 Å². The highest BCUT2D eigenvalue weighted by Crippen LogP contribution is 2.25. The summed E-state index contributed by atoms with van der Waals surface area (Å²) in [4.78, 5) is 12.4. The largest absolute Gasteiger partial charge is 0.392 e. The zero-order valence-electron chi connectivity index (χ0n) is 11.0. The predicted molar refractivity (Wildman–Crippen MR) is 77.5 cm³/mol. The molecule has 6 heteroatoms. The number of hydrogen-bond donors (Lipinski definition) is 2. The number of nitrogens with zero attached hydrogens (tertiary/aromatic N) is 3. The third-order valence-corrected chi connectivity index (χ3v) is 4.26. The Hall–Kier alpha value is -1.24. The number of thiophene rings is 1. The molecule has 2 aromatic rings. The van der Waals surface area contributed by atoms with Gasteiger partial charge in [0.25, 0.3) is 0 Å². The van der Waals surface area contributed by atoms with Gasteiger partial charge in [-0.2, -0.15) is 0 Å². The van der Waals surface area contributed by atoms with Crippen LogP contribution in [0.15, 0.2) is 11.4 Å². The van der Waals surface area contributed by atoms with Crippen LogP contribution in [0.5, 0.6) is 0 Å². The van der Waals surface area contributed by atoms with E-state index < -0.39 is 0 Å². The maximum Gasteiger partial charge on any atom is 0.146 e. The SMILES string of the molecule is CNc1nc(CN2CCCC(O)C2)nc2sccc12. The summed E-state index contributed by atoms with van der Waals surface area (Å²) in [6, 6.07) is 2.04. The number of nitrogens with one attached hydrogen (secondary N) is 1. The first-order chi connectivity index (χ1) is 9.26. The fraction of sp³-hybridized carbons (Fsp3) is 0.538. The molecule has 3 heterocycles. The van der Waals surface area contributed by atoms with Crippen molar-refractivity contribution in [2.45, 2.75) is 25.5 Å². The summed E-state index contributed by atoms with van der Waals surface area (Å²) in [5.41, 5.74) is 0. The molecule has 0 aromatic carbocycles. The molecule has 5 nitrogen and oxygen atoms in total. The number of fused-ring (bicyclic) bond motifs is 1. The quantitative estimate of drug-likeness (QED) is 0.894. The first-order valence-corrected chi connectivity index (χ1v) is 7.46. The Morgan fingerprint density at radius 3 is 3.21 bits per heavy atom. The topological polar surface area (TPSA) is 61.3 Å². The van der Waals surface area contributed by atoms with Crippen LogP contribution in [0.4, 0.5) is 5.82 Å². The molecule has 3 rings (SSSR count). The van der Waals surface area contributed by atoms with Crippen LogP contribution in [0.25, 0.3) is 10.2 Å². The fourth-order valence-electron chi connectivity index (χ4n) is 2.54. The van der Waals surface area contributed by atoms with Gasteiger partial charge >= 0.3 is 0 Å². The third kappa shape index (κ3) is 2.70. The predicted octanol–water partition coefficient (Wildman–Crippen LogP) is 1.69. The molecule has 1 aliphatic heterocycles. The molecule has 0 spiro atoms. The van der Waals surface area contributed by atoms with E-state index in [0.29, 0.717) is 6.54 Å². The molecule has 0 radical (unpaired) electrons. The van der Waals surface area contributed by atoms with Gasteiger partial charge in [-0.3, -0.25) is 4.90 Å². The number of hydrogen-bond acceptors (Lipinski definition) is 6. The summed E-state index contributed by atoms with van der Waals surface area (Å²) in [6.07, 6.45) is 1.74. The normalized spacial score (nSPS) is 20.8. The van der Waals surface area contributed by atoms with Crippen LogP contribution in [-0.2, 0) is 6.54 Å². The van der Waals surface area contributed by atoms with E-state index in [1.807, 2.05) is 18.5 Å². The fourth-order valence-corrected chi connectivity index (χ4v) is 3.32. The first kappa shape index (κ1) is 12.8. The lowest BCUT2D eigenvalue weighted by Gasteiger charge is -2.29. The number of aromatic nitrogens is 2. The van der Waals surface area contributed by atoms with Gasteiger partial charge in [-0.15, -0.1) is 11.3 Å². The van der Waals surface area contributed by atoms with E-state index in [-0.39, 0.29) is 6.10 Å². The van der Waals surface area contributed by atoms with Crippen molar-refractivity contribution in [2.24, 2.45) is 0 Å². The van der Waals surface area contributed by atoms with E-state index in [9.17, 15) is 5.11 Å². The second-order valence-electron chi connectivity index (χ2n) is 4.91. The highest BCUT2D eigenvalue weighted by molar-refractivity contribution is 7.16. The van der Waals surface area contributed by atoms with Crippen molar-refractivity contribution in [2.75, 3.05) is 25.5 Å². The summed E-state index contributed by atoms with van der Waals surface area (Å²) in [6.45, 7) is 2.44. The first-order valence-electron chi connectivity index (χ1n) is 6.58. The van der Waals surface area contributed by atoms with Crippen LogP contribution in [-0.4, -0.2) is 46.2 Å². The summed E-state index contributed by atoms with van der Waals surface area (Å²) < 4.78 is 0. The van der Waals surface area contributed by atoms with Crippen molar-refractivity contribution in [3.05, 3.63) is 17.3 Å². The second-order valence-corrected chi connectivity index (χ2v) is 5.80. The van der Waals surface area contributed by atoms with Gasteiger partial charge < -0.3 is 10.4 Å². The van der Waals surface area contributed by atoms with Crippen LogP contribution >= 0.6 is 11.3 Å². The van der Waals surface area contributed by atoms with Gasteiger partial charge in [-0.1, -0.05) is 0 Å². The van der Waals surface area contributed by atoms with Crippen molar-refractivity contribution in [1.82, 2.24) is 14.9 Å². The number of piperidine rings is 1. The molecule has 1 saturated heterocycles. The van der Waals surface area contributed by atoms with Crippen LogP contribution in [0.1, 0.15) is 18.7 Å².